The van der Waals surface area contributed by atoms with Crippen LogP contribution < -0.4 is 5.32 Å². The second-order valence-electron chi connectivity index (χ2n) is 6.84. The summed E-state index contributed by atoms with van der Waals surface area (Å²) in [4.78, 5) is 26.9. The minimum atomic E-state index is -0.198. The summed E-state index contributed by atoms with van der Waals surface area (Å²) < 4.78 is 6.47. The highest BCUT2D eigenvalue weighted by molar-refractivity contribution is 9.10. The number of amides is 2. The van der Waals surface area contributed by atoms with Crippen molar-refractivity contribution in [2.75, 3.05) is 18.4 Å². The molecule has 1 saturated heterocycles. The fraction of sp³-hybridized carbons (Fsp3) is 0.238. The number of nitrogens with zero attached hydrogens (tertiary/aromatic N) is 3. The highest BCUT2D eigenvalue weighted by atomic mass is 79.9. The lowest BCUT2D eigenvalue weighted by atomic mass is 9.95. The molecule has 0 bridgehead atoms. The first-order valence-corrected chi connectivity index (χ1v) is 10.1. The van der Waals surface area contributed by atoms with Crippen molar-refractivity contribution in [1.82, 2.24) is 15.1 Å². The predicted octanol–water partition coefficient (Wildman–Crippen LogP) is 3.99. The van der Waals surface area contributed by atoms with Crippen LogP contribution in [0.25, 0.3) is 11.5 Å². The van der Waals surface area contributed by atoms with Gasteiger partial charge in [0.1, 0.15) is 0 Å². The molecule has 7 nitrogen and oxygen atoms in total. The maximum Gasteiger partial charge on any atom is 0.322 e. The lowest BCUT2D eigenvalue weighted by Crippen LogP contribution is -2.41. The lowest BCUT2D eigenvalue weighted by Gasteiger charge is -2.31. The molecule has 0 spiro atoms. The molecule has 1 aliphatic rings. The Morgan fingerprint density at radius 2 is 1.69 bits per heavy atom. The van der Waals surface area contributed by atoms with Gasteiger partial charge in [-0.1, -0.05) is 39.2 Å². The first-order valence-electron chi connectivity index (χ1n) is 9.35. The van der Waals surface area contributed by atoms with Crippen molar-refractivity contribution >= 4 is 33.8 Å². The molecule has 0 saturated carbocycles. The summed E-state index contributed by atoms with van der Waals surface area (Å²) in [5.41, 5.74) is 1.44. The fourth-order valence-electron chi connectivity index (χ4n) is 3.30. The molecule has 2 heterocycles. The van der Waals surface area contributed by atoms with Crippen LogP contribution in [0.1, 0.15) is 23.2 Å². The van der Waals surface area contributed by atoms with Crippen LogP contribution in [-0.4, -0.2) is 40.0 Å². The molecule has 1 aliphatic heterocycles. The Balaban J connectivity index is 1.32. The van der Waals surface area contributed by atoms with E-state index in [1.807, 2.05) is 42.5 Å². The summed E-state index contributed by atoms with van der Waals surface area (Å²) in [5.74, 6) is -0.0170. The van der Waals surface area contributed by atoms with E-state index in [9.17, 15) is 9.59 Å². The van der Waals surface area contributed by atoms with Crippen LogP contribution in [0.5, 0.6) is 0 Å². The van der Waals surface area contributed by atoms with Gasteiger partial charge in [-0.25, -0.2) is 0 Å². The zero-order valence-electron chi connectivity index (χ0n) is 15.5. The number of nitrogens with one attached hydrogen (secondary N) is 1. The van der Waals surface area contributed by atoms with E-state index in [1.54, 1.807) is 17.0 Å². The second-order valence-corrected chi connectivity index (χ2v) is 7.76. The lowest BCUT2D eigenvalue weighted by molar-refractivity contribution is -0.121. The Bertz CT molecular complexity index is 996. The van der Waals surface area contributed by atoms with E-state index >= 15 is 0 Å². The van der Waals surface area contributed by atoms with E-state index in [0.717, 1.165) is 10.0 Å². The largest absolute Gasteiger partial charge is 0.403 e. The third kappa shape index (κ3) is 4.54. The van der Waals surface area contributed by atoms with Gasteiger partial charge >= 0.3 is 6.01 Å². The van der Waals surface area contributed by atoms with Crippen molar-refractivity contribution < 1.29 is 14.0 Å². The molecule has 2 aromatic carbocycles. The van der Waals surface area contributed by atoms with Gasteiger partial charge in [0.15, 0.2) is 0 Å². The number of aromatic nitrogens is 2. The van der Waals surface area contributed by atoms with Crippen LogP contribution in [0.2, 0.25) is 0 Å². The molecular formula is C21H19BrN4O3. The molecule has 29 heavy (non-hydrogen) atoms. The average Bonchev–Trinajstić information content (AvgIpc) is 3.23. The van der Waals surface area contributed by atoms with E-state index in [0.29, 0.717) is 37.4 Å². The van der Waals surface area contributed by atoms with Crippen LogP contribution >= 0.6 is 15.9 Å². The first kappa shape index (κ1) is 19.3. The summed E-state index contributed by atoms with van der Waals surface area (Å²) in [6.07, 6.45) is 1.18. The number of rotatable bonds is 4. The molecule has 3 aromatic rings. The molecule has 0 unspecified atom stereocenters. The van der Waals surface area contributed by atoms with Crippen LogP contribution in [0.4, 0.5) is 6.01 Å². The number of likely N-dealkylation sites (tertiary alicyclic amines) is 1. The van der Waals surface area contributed by atoms with Crippen LogP contribution in [0.3, 0.4) is 0 Å². The van der Waals surface area contributed by atoms with E-state index in [2.05, 4.69) is 31.4 Å². The van der Waals surface area contributed by atoms with Crippen molar-refractivity contribution in [2.45, 2.75) is 12.8 Å². The highest BCUT2D eigenvalue weighted by Crippen LogP contribution is 2.23. The van der Waals surface area contributed by atoms with Crippen LogP contribution in [-0.2, 0) is 4.79 Å². The quantitative estimate of drug-likeness (QED) is 0.643. The molecule has 0 aliphatic carbocycles. The monoisotopic (exact) mass is 454 g/mol. The Morgan fingerprint density at radius 1 is 1.00 bits per heavy atom. The molecule has 4 rings (SSSR count). The van der Waals surface area contributed by atoms with Crippen molar-refractivity contribution in [2.24, 2.45) is 5.92 Å². The number of halogens is 1. The van der Waals surface area contributed by atoms with Crippen LogP contribution in [0.15, 0.2) is 63.5 Å². The Morgan fingerprint density at radius 3 is 2.38 bits per heavy atom. The van der Waals surface area contributed by atoms with E-state index in [4.69, 9.17) is 4.42 Å². The third-order valence-electron chi connectivity index (χ3n) is 4.92. The van der Waals surface area contributed by atoms with Crippen molar-refractivity contribution in [1.29, 1.82) is 0 Å². The first-order chi connectivity index (χ1) is 14.1. The molecule has 2 amide bonds. The highest BCUT2D eigenvalue weighted by Gasteiger charge is 2.28. The fourth-order valence-corrected chi connectivity index (χ4v) is 3.56. The zero-order valence-corrected chi connectivity index (χ0v) is 17.1. The summed E-state index contributed by atoms with van der Waals surface area (Å²) >= 11 is 3.37. The van der Waals surface area contributed by atoms with Crippen LogP contribution in [0, 0.1) is 5.92 Å². The standard InChI is InChI=1S/C21H19BrN4O3/c22-17-8-6-16(7-9-17)20(28)26-12-10-14(11-13-26)18(27)23-21-25-24-19(29-21)15-4-2-1-3-5-15/h1-9,14H,10-13H2,(H,23,25,27). The summed E-state index contributed by atoms with van der Waals surface area (Å²) in [5, 5.41) is 10.6. The van der Waals surface area contributed by atoms with Gasteiger partial charge in [-0.05, 0) is 49.2 Å². The predicted molar refractivity (Wildman–Crippen MR) is 111 cm³/mol. The number of carbonyl (C=O) groups is 2. The number of anilines is 1. The van der Waals surface area contributed by atoms with Gasteiger partial charge in [-0.15, -0.1) is 5.10 Å². The van der Waals surface area contributed by atoms with Gasteiger partial charge in [0.2, 0.25) is 11.8 Å². The third-order valence-corrected chi connectivity index (χ3v) is 5.45. The second kappa shape index (κ2) is 8.57. The maximum absolute atomic E-state index is 12.6. The molecule has 1 N–H and O–H groups in total. The van der Waals surface area contributed by atoms with Gasteiger partial charge < -0.3 is 9.32 Å². The Hall–Kier alpha value is -3.00. The number of piperidine rings is 1. The van der Waals surface area contributed by atoms with Crippen molar-refractivity contribution in [3.8, 4) is 11.5 Å². The van der Waals surface area contributed by atoms with Crippen molar-refractivity contribution in [3.05, 3.63) is 64.6 Å². The van der Waals surface area contributed by atoms with Gasteiger partial charge in [-0.2, -0.15) is 0 Å². The minimum absolute atomic E-state index is 0.0132. The molecule has 1 aromatic heterocycles. The Kier molecular flexibility index (Phi) is 5.71. The van der Waals surface area contributed by atoms with Gasteiger partial charge in [0.05, 0.1) is 0 Å². The van der Waals surface area contributed by atoms with E-state index < -0.39 is 0 Å². The molecular weight excluding hydrogens is 436 g/mol. The topological polar surface area (TPSA) is 88.3 Å². The molecule has 0 atom stereocenters. The number of carbonyl (C=O) groups excluding carboxylic acids is 2. The SMILES string of the molecule is O=C(Nc1nnc(-c2ccccc2)o1)C1CCN(C(=O)c2ccc(Br)cc2)CC1. The summed E-state index contributed by atoms with van der Waals surface area (Å²) in [7, 11) is 0. The van der Waals surface area contributed by atoms with E-state index in [-0.39, 0.29) is 23.7 Å². The number of hydrogen-bond donors (Lipinski definition) is 1. The van der Waals surface area contributed by atoms with E-state index in [1.165, 1.54) is 0 Å². The maximum atomic E-state index is 12.6. The average molecular weight is 455 g/mol. The molecule has 8 heteroatoms. The molecule has 0 radical (unpaired) electrons. The minimum Gasteiger partial charge on any atom is -0.403 e. The van der Waals surface area contributed by atoms with Gasteiger partial charge in [0.25, 0.3) is 5.91 Å². The zero-order chi connectivity index (χ0) is 20.2. The summed E-state index contributed by atoms with van der Waals surface area (Å²) in [6, 6.07) is 16.7. The normalized spacial score (nSPS) is 14.6. The number of hydrogen-bond acceptors (Lipinski definition) is 5. The van der Waals surface area contributed by atoms with Gasteiger partial charge in [-0.3, -0.25) is 14.9 Å². The Labute approximate surface area is 176 Å². The summed E-state index contributed by atoms with van der Waals surface area (Å²) in [6.45, 7) is 1.07. The molecule has 1 fully saturated rings. The smallest absolute Gasteiger partial charge is 0.322 e. The van der Waals surface area contributed by atoms with Gasteiger partial charge in [0, 0.05) is 34.6 Å². The number of benzene rings is 2. The van der Waals surface area contributed by atoms with Crippen molar-refractivity contribution in [3.63, 3.8) is 0 Å². The molecule has 148 valence electrons.